The number of aromatic carboxylic acids is 1. The van der Waals surface area contributed by atoms with Gasteiger partial charge in [0, 0.05) is 24.7 Å². The number of nitrogens with zero attached hydrogens (tertiary/aromatic N) is 1. The van der Waals surface area contributed by atoms with Gasteiger partial charge in [0.25, 0.3) is 0 Å². The molecule has 3 aromatic carbocycles. The number of carbonyl (C=O) groups excluding carboxylic acids is 3. The quantitative estimate of drug-likeness (QED) is 0.169. The Balaban J connectivity index is 1.71. The van der Waals surface area contributed by atoms with Crippen molar-refractivity contribution in [1.82, 2.24) is 20.9 Å². The van der Waals surface area contributed by atoms with Gasteiger partial charge in [0.2, 0.25) is 11.8 Å². The van der Waals surface area contributed by atoms with E-state index in [1.807, 2.05) is 26.8 Å². The third-order valence-corrected chi connectivity index (χ3v) is 8.45. The van der Waals surface area contributed by atoms with Crippen LogP contribution >= 0.6 is 0 Å². The first kappa shape index (κ1) is 36.1. The fourth-order valence-electron chi connectivity index (χ4n) is 5.83. The van der Waals surface area contributed by atoms with Crippen molar-refractivity contribution < 1.29 is 38.5 Å². The highest BCUT2D eigenvalue weighted by atomic mass is 16.5. The number of aryl methyl sites for hydroxylation is 2. The smallest absolute Gasteiger partial charge is 0.407 e. The van der Waals surface area contributed by atoms with E-state index in [9.17, 15) is 24.3 Å². The van der Waals surface area contributed by atoms with Crippen LogP contribution in [-0.2, 0) is 22.5 Å². The van der Waals surface area contributed by atoms with Crippen molar-refractivity contribution in [3.63, 3.8) is 0 Å². The van der Waals surface area contributed by atoms with Crippen LogP contribution in [0.4, 0.5) is 4.79 Å². The Morgan fingerprint density at radius 1 is 0.980 bits per heavy atom. The molecule has 0 saturated carbocycles. The monoisotopic (exact) mass is 673 g/mol. The average molecular weight is 674 g/mol. The summed E-state index contributed by atoms with van der Waals surface area (Å²) in [7, 11) is 3.06. The number of carbonyl (C=O) groups is 4. The second-order valence-electron chi connectivity index (χ2n) is 11.7. The van der Waals surface area contributed by atoms with Gasteiger partial charge in [-0.3, -0.25) is 9.59 Å². The highest BCUT2D eigenvalue weighted by Gasteiger charge is 2.35. The Hall–Kier alpha value is -5.72. The number of nitrogens with one attached hydrogen (secondary N) is 3. The van der Waals surface area contributed by atoms with E-state index >= 15 is 0 Å². The van der Waals surface area contributed by atoms with E-state index in [1.165, 1.54) is 20.3 Å². The van der Waals surface area contributed by atoms with Crippen molar-refractivity contribution in [2.24, 2.45) is 5.73 Å². The van der Waals surface area contributed by atoms with Crippen LogP contribution in [0.25, 0.3) is 5.70 Å². The Labute approximate surface area is 285 Å². The highest BCUT2D eigenvalue weighted by molar-refractivity contribution is 5.93. The summed E-state index contributed by atoms with van der Waals surface area (Å²) in [5.41, 5.74) is 10.3. The molecule has 13 heteroatoms. The van der Waals surface area contributed by atoms with Gasteiger partial charge in [0.05, 0.1) is 38.1 Å². The number of nitrogens with two attached hydrogens (primary N) is 1. The van der Waals surface area contributed by atoms with Gasteiger partial charge in [0.15, 0.2) is 11.5 Å². The molecule has 1 aliphatic rings. The van der Waals surface area contributed by atoms with Crippen LogP contribution < -0.4 is 31.2 Å². The van der Waals surface area contributed by atoms with Crippen molar-refractivity contribution in [1.29, 1.82) is 0 Å². The summed E-state index contributed by atoms with van der Waals surface area (Å²) in [6.45, 7) is 7.42. The largest absolute Gasteiger partial charge is 0.493 e. The fraction of sp³-hybridized carbons (Fsp3) is 0.333. The zero-order valence-electron chi connectivity index (χ0n) is 28.5. The normalized spacial score (nSPS) is 14.7. The molecule has 3 amide bonds. The molecule has 0 spiro atoms. The molecule has 4 rings (SSSR count). The van der Waals surface area contributed by atoms with E-state index in [2.05, 4.69) is 16.0 Å². The maximum absolute atomic E-state index is 14.7. The Kier molecular flexibility index (Phi) is 11.7. The van der Waals surface area contributed by atoms with Crippen LogP contribution in [0.1, 0.15) is 62.4 Å². The first-order valence-corrected chi connectivity index (χ1v) is 15.8. The number of rotatable bonds is 14. The molecule has 0 saturated heterocycles. The number of carboxylic acids is 1. The van der Waals surface area contributed by atoms with E-state index < -0.39 is 42.1 Å². The van der Waals surface area contributed by atoms with Crippen LogP contribution in [0.3, 0.4) is 0 Å². The third-order valence-electron chi connectivity index (χ3n) is 8.45. The standard InChI is InChI=1S/C36H43N5O8/c1-7-49-36(46)40-28(17-27-20(2)13-26(32(37)42)14-21(27)3)34(43)41(19-23-11-12-30(47-5)31(15-23)48-6)22(4)33-38-18-29(39-33)24-9-8-10-25(16-24)35(44)45/h8-16,18,22,28,33,38-39H,7,17,19H2,1-6H3,(H2,37,42)(H,40,46)(H,44,45). The number of hydrogen-bond donors (Lipinski definition) is 5. The van der Waals surface area contributed by atoms with Crippen molar-refractivity contribution in [3.8, 4) is 11.5 Å². The van der Waals surface area contributed by atoms with E-state index in [0.717, 1.165) is 22.3 Å². The molecule has 0 aromatic heterocycles. The Bertz CT molecular complexity index is 1730. The topological polar surface area (TPSA) is 182 Å². The fourth-order valence-corrected chi connectivity index (χ4v) is 5.83. The van der Waals surface area contributed by atoms with Crippen molar-refractivity contribution in [2.45, 2.75) is 58.9 Å². The van der Waals surface area contributed by atoms with E-state index in [1.54, 1.807) is 60.5 Å². The number of carboxylic acid groups (broad SMARTS) is 1. The van der Waals surface area contributed by atoms with Gasteiger partial charge in [-0.05, 0) is 91.9 Å². The van der Waals surface area contributed by atoms with Crippen LogP contribution in [0, 0.1) is 13.8 Å². The average Bonchev–Trinajstić information content (AvgIpc) is 3.58. The zero-order chi connectivity index (χ0) is 35.8. The summed E-state index contributed by atoms with van der Waals surface area (Å²) in [5.74, 6) is -0.982. The number of amides is 3. The first-order chi connectivity index (χ1) is 23.4. The molecule has 3 aromatic rings. The van der Waals surface area contributed by atoms with E-state index in [-0.39, 0.29) is 25.1 Å². The lowest BCUT2D eigenvalue weighted by Gasteiger charge is -2.36. The number of hydrogen-bond acceptors (Lipinski definition) is 9. The Morgan fingerprint density at radius 3 is 2.29 bits per heavy atom. The maximum atomic E-state index is 14.7. The highest BCUT2D eigenvalue weighted by Crippen LogP contribution is 2.29. The molecule has 6 N–H and O–H groups in total. The SMILES string of the molecule is CCOC(=O)NC(Cc1c(C)cc(C(N)=O)cc1C)C(=O)N(Cc1ccc(OC)c(OC)c1)C(C)C1NC=C(c2cccc(C(=O)O)c2)N1. The number of primary amides is 1. The molecule has 0 aliphatic carbocycles. The summed E-state index contributed by atoms with van der Waals surface area (Å²) in [6.07, 6.45) is 0.612. The first-order valence-electron chi connectivity index (χ1n) is 15.8. The zero-order valence-corrected chi connectivity index (χ0v) is 28.5. The van der Waals surface area contributed by atoms with Crippen LogP contribution in [0.15, 0.2) is 60.8 Å². The minimum absolute atomic E-state index is 0.108. The van der Waals surface area contributed by atoms with Gasteiger partial charge >= 0.3 is 12.1 Å². The summed E-state index contributed by atoms with van der Waals surface area (Å²) in [4.78, 5) is 52.7. The van der Waals surface area contributed by atoms with Crippen LogP contribution in [0.2, 0.25) is 0 Å². The molecule has 0 radical (unpaired) electrons. The van der Waals surface area contributed by atoms with Crippen molar-refractivity contribution in [3.05, 3.63) is 99.7 Å². The number of alkyl carbamates (subject to hydrolysis) is 1. The lowest BCUT2D eigenvalue weighted by Crippen LogP contribution is -2.58. The molecule has 3 atom stereocenters. The van der Waals surface area contributed by atoms with E-state index in [0.29, 0.717) is 28.3 Å². The number of ether oxygens (including phenoxy) is 3. The van der Waals surface area contributed by atoms with Gasteiger partial charge in [-0.15, -0.1) is 0 Å². The van der Waals surface area contributed by atoms with Gasteiger partial charge in [0.1, 0.15) is 12.2 Å². The van der Waals surface area contributed by atoms with Crippen molar-refractivity contribution in [2.75, 3.05) is 20.8 Å². The van der Waals surface area contributed by atoms with Crippen LogP contribution in [-0.4, -0.2) is 73.0 Å². The molecule has 1 aliphatic heterocycles. The molecular weight excluding hydrogens is 630 g/mol. The molecule has 0 fully saturated rings. The lowest BCUT2D eigenvalue weighted by atomic mass is 9.93. The number of methoxy groups -OCH3 is 2. The molecule has 1 heterocycles. The summed E-state index contributed by atoms with van der Waals surface area (Å²) in [6, 6.07) is 13.7. The van der Waals surface area contributed by atoms with Crippen LogP contribution in [0.5, 0.6) is 11.5 Å². The molecule has 13 nitrogen and oxygen atoms in total. The molecular formula is C36H43N5O8. The predicted molar refractivity (Wildman–Crippen MR) is 183 cm³/mol. The second-order valence-corrected chi connectivity index (χ2v) is 11.7. The molecule has 0 bridgehead atoms. The Morgan fingerprint density at radius 2 is 1.67 bits per heavy atom. The summed E-state index contributed by atoms with van der Waals surface area (Å²) >= 11 is 0. The minimum atomic E-state index is -1.06. The molecule has 49 heavy (non-hydrogen) atoms. The minimum Gasteiger partial charge on any atom is -0.493 e. The second kappa shape index (κ2) is 15.9. The predicted octanol–water partition coefficient (Wildman–Crippen LogP) is 3.71. The van der Waals surface area contributed by atoms with E-state index in [4.69, 9.17) is 19.9 Å². The lowest BCUT2D eigenvalue weighted by molar-refractivity contribution is -0.136. The number of benzene rings is 3. The molecule has 3 unspecified atom stereocenters. The van der Waals surface area contributed by atoms with Gasteiger partial charge in [-0.1, -0.05) is 18.2 Å². The third kappa shape index (κ3) is 8.61. The van der Waals surface area contributed by atoms with Gasteiger partial charge in [-0.2, -0.15) is 0 Å². The maximum Gasteiger partial charge on any atom is 0.407 e. The van der Waals surface area contributed by atoms with Crippen molar-refractivity contribution >= 4 is 29.6 Å². The molecule has 260 valence electrons. The van der Waals surface area contributed by atoms with Gasteiger partial charge in [-0.25, -0.2) is 9.59 Å². The van der Waals surface area contributed by atoms with Gasteiger partial charge < -0.3 is 45.9 Å². The summed E-state index contributed by atoms with van der Waals surface area (Å²) in [5, 5.41) is 18.9. The summed E-state index contributed by atoms with van der Waals surface area (Å²) < 4.78 is 16.1.